The number of pyridine rings is 1. The van der Waals surface area contributed by atoms with Crippen LogP contribution in [0.2, 0.25) is 0 Å². The minimum Gasteiger partial charge on any atom is -0.496 e. The van der Waals surface area contributed by atoms with Crippen molar-refractivity contribution in [3.63, 3.8) is 0 Å². The van der Waals surface area contributed by atoms with E-state index in [0.29, 0.717) is 11.8 Å². The zero-order valence-corrected chi connectivity index (χ0v) is 17.7. The summed E-state index contributed by atoms with van der Waals surface area (Å²) in [5.41, 5.74) is -3.75. The maximum Gasteiger partial charge on any atom is 0.422 e. The Hall–Kier alpha value is -3.27. The Morgan fingerprint density at radius 1 is 1.12 bits per heavy atom. The third-order valence-corrected chi connectivity index (χ3v) is 5.38. The van der Waals surface area contributed by atoms with Crippen LogP contribution in [0.3, 0.4) is 0 Å². The number of fused-ring (bicyclic) bond motifs is 1. The highest BCUT2D eigenvalue weighted by Crippen LogP contribution is 2.41. The van der Waals surface area contributed by atoms with Gasteiger partial charge in [0.2, 0.25) is 5.56 Å². The lowest BCUT2D eigenvalue weighted by Crippen LogP contribution is -2.47. The molecule has 2 unspecified atom stereocenters. The summed E-state index contributed by atoms with van der Waals surface area (Å²) in [6, 6.07) is 7.80. The molecule has 10 heteroatoms. The summed E-state index contributed by atoms with van der Waals surface area (Å²) < 4.78 is 74.5. The number of alkyl halides is 3. The Balaban J connectivity index is 2.05. The van der Waals surface area contributed by atoms with Crippen molar-refractivity contribution in [1.29, 1.82) is 0 Å². The molecule has 0 fully saturated rings. The van der Waals surface area contributed by atoms with Crippen molar-refractivity contribution in [2.75, 3.05) is 7.11 Å². The lowest BCUT2D eigenvalue weighted by Gasteiger charge is -2.31. The van der Waals surface area contributed by atoms with Crippen molar-refractivity contribution in [3.8, 4) is 5.75 Å². The van der Waals surface area contributed by atoms with E-state index in [-0.39, 0.29) is 28.8 Å². The Morgan fingerprint density at radius 2 is 1.85 bits per heavy atom. The van der Waals surface area contributed by atoms with Crippen LogP contribution in [0.15, 0.2) is 52.3 Å². The molecule has 0 radical (unpaired) electrons. The van der Waals surface area contributed by atoms with E-state index in [9.17, 15) is 31.9 Å². The van der Waals surface area contributed by atoms with Crippen LogP contribution < -0.4 is 10.3 Å². The number of halogens is 5. The average molecular weight is 468 g/mol. The van der Waals surface area contributed by atoms with Crippen LogP contribution >= 0.6 is 0 Å². The lowest BCUT2D eigenvalue weighted by atomic mass is 9.84. The molecule has 0 aliphatic rings. The third-order valence-electron chi connectivity index (χ3n) is 5.38. The first kappa shape index (κ1) is 24.4. The van der Waals surface area contributed by atoms with Gasteiger partial charge in [-0.3, -0.25) is 9.79 Å². The van der Waals surface area contributed by atoms with Gasteiger partial charge in [0.05, 0.1) is 18.3 Å². The zero-order chi connectivity index (χ0) is 24.4. The molecule has 0 bridgehead atoms. The number of rotatable bonds is 7. The second kappa shape index (κ2) is 9.30. The highest BCUT2D eigenvalue weighted by Gasteiger charge is 2.53. The van der Waals surface area contributed by atoms with Gasteiger partial charge in [-0.05, 0) is 42.5 Å². The third kappa shape index (κ3) is 5.22. The van der Waals surface area contributed by atoms with E-state index in [1.807, 2.05) is 0 Å². The Labute approximate surface area is 185 Å². The van der Waals surface area contributed by atoms with Gasteiger partial charge >= 0.3 is 6.18 Å². The molecular weight excluding hydrogens is 447 g/mol. The molecule has 33 heavy (non-hydrogen) atoms. The SMILES string of the molecule is CCC(CC(O)(C=Nc1cc(F)cc2[nH]c(=O)ccc12)C(F)(F)F)c1ccc(F)cc1OC. The smallest absolute Gasteiger partial charge is 0.422 e. The molecule has 0 amide bonds. The van der Waals surface area contributed by atoms with Gasteiger partial charge in [-0.15, -0.1) is 0 Å². The number of hydrogen-bond donors (Lipinski definition) is 2. The molecule has 3 rings (SSSR count). The number of benzene rings is 2. The van der Waals surface area contributed by atoms with E-state index >= 15 is 0 Å². The molecule has 0 aliphatic heterocycles. The van der Waals surface area contributed by atoms with E-state index in [0.717, 1.165) is 30.3 Å². The number of aromatic nitrogens is 1. The van der Waals surface area contributed by atoms with Crippen molar-refractivity contribution in [2.45, 2.75) is 37.5 Å². The number of methoxy groups -OCH3 is 1. The van der Waals surface area contributed by atoms with Crippen molar-refractivity contribution in [3.05, 3.63) is 70.0 Å². The molecule has 0 aliphatic carbocycles. The van der Waals surface area contributed by atoms with Crippen molar-refractivity contribution >= 4 is 22.8 Å². The van der Waals surface area contributed by atoms with Crippen LogP contribution in [0.1, 0.15) is 31.2 Å². The van der Waals surface area contributed by atoms with E-state index in [1.54, 1.807) is 6.92 Å². The standard InChI is InChI=1S/C23H21F5N2O3/c1-3-13(16-5-4-14(24)10-20(16)33-2)11-22(32,23(26,27)28)12-29-18-8-15(25)9-19-17(18)6-7-21(31)30-19/h4-10,12-13,32H,3,11H2,1-2H3,(H,30,31). The second-order valence-electron chi connectivity index (χ2n) is 7.58. The fraction of sp³-hybridized carbons (Fsp3) is 0.304. The van der Waals surface area contributed by atoms with Gasteiger partial charge in [-0.2, -0.15) is 13.2 Å². The van der Waals surface area contributed by atoms with Gasteiger partial charge in [0.15, 0.2) is 5.60 Å². The summed E-state index contributed by atoms with van der Waals surface area (Å²) in [6.07, 6.45) is -5.44. The normalized spacial score (nSPS) is 15.0. The number of H-pyrrole nitrogens is 1. The van der Waals surface area contributed by atoms with Crippen LogP contribution in [0, 0.1) is 11.6 Å². The summed E-state index contributed by atoms with van der Waals surface area (Å²) in [5.74, 6) is -2.24. The highest BCUT2D eigenvalue weighted by atomic mass is 19.4. The van der Waals surface area contributed by atoms with E-state index in [1.165, 1.54) is 19.2 Å². The average Bonchev–Trinajstić information content (AvgIpc) is 2.74. The predicted molar refractivity (Wildman–Crippen MR) is 114 cm³/mol. The molecule has 1 aromatic heterocycles. The summed E-state index contributed by atoms with van der Waals surface area (Å²) in [7, 11) is 1.27. The first-order valence-electron chi connectivity index (χ1n) is 9.97. The minimum atomic E-state index is -5.12. The predicted octanol–water partition coefficient (Wildman–Crippen LogP) is 5.39. The van der Waals surface area contributed by atoms with Gasteiger partial charge in [0.1, 0.15) is 17.4 Å². The van der Waals surface area contributed by atoms with Crippen molar-refractivity contribution in [2.24, 2.45) is 4.99 Å². The molecule has 2 N–H and O–H groups in total. The van der Waals surface area contributed by atoms with Crippen molar-refractivity contribution in [1.82, 2.24) is 4.98 Å². The Morgan fingerprint density at radius 3 is 2.48 bits per heavy atom. The highest BCUT2D eigenvalue weighted by molar-refractivity contribution is 5.92. The van der Waals surface area contributed by atoms with Crippen LogP contribution in [0.25, 0.3) is 10.9 Å². The fourth-order valence-electron chi connectivity index (χ4n) is 3.61. The molecule has 2 aromatic carbocycles. The first-order valence-corrected chi connectivity index (χ1v) is 9.97. The number of aliphatic hydroxyl groups is 1. The van der Waals surface area contributed by atoms with E-state index in [4.69, 9.17) is 4.74 Å². The molecule has 0 saturated heterocycles. The monoisotopic (exact) mass is 468 g/mol. The largest absolute Gasteiger partial charge is 0.496 e. The number of nitrogens with one attached hydrogen (secondary N) is 1. The first-order chi connectivity index (χ1) is 15.5. The summed E-state index contributed by atoms with van der Waals surface area (Å²) in [6.45, 7) is 1.62. The van der Waals surface area contributed by atoms with Crippen LogP contribution in [0.5, 0.6) is 5.75 Å². The number of ether oxygens (including phenoxy) is 1. The summed E-state index contributed by atoms with van der Waals surface area (Å²) in [4.78, 5) is 17.6. The maximum absolute atomic E-state index is 14.0. The minimum absolute atomic E-state index is 0.0488. The van der Waals surface area contributed by atoms with E-state index < -0.39 is 41.3 Å². The topological polar surface area (TPSA) is 74.7 Å². The number of aliphatic imine (C=N–C) groups is 1. The van der Waals surface area contributed by atoms with Crippen LogP contribution in [-0.2, 0) is 0 Å². The quantitative estimate of drug-likeness (QED) is 0.361. The van der Waals surface area contributed by atoms with Gasteiger partial charge in [-0.1, -0.05) is 13.0 Å². The molecule has 3 aromatic rings. The van der Waals surface area contributed by atoms with Crippen LogP contribution in [-0.4, -0.2) is 35.2 Å². The maximum atomic E-state index is 14.0. The molecule has 176 valence electrons. The number of nitrogens with zero attached hydrogens (tertiary/aromatic N) is 1. The Kier molecular flexibility index (Phi) is 6.87. The molecular formula is C23H21F5N2O3. The summed E-state index contributed by atoms with van der Waals surface area (Å²) >= 11 is 0. The molecule has 5 nitrogen and oxygen atoms in total. The molecule has 0 saturated carbocycles. The number of aromatic amines is 1. The fourth-order valence-corrected chi connectivity index (χ4v) is 3.61. The van der Waals surface area contributed by atoms with Gasteiger partial charge in [0, 0.05) is 29.8 Å². The molecule has 1 heterocycles. The Bertz CT molecular complexity index is 1240. The molecule has 2 atom stereocenters. The number of hydrogen-bond acceptors (Lipinski definition) is 4. The molecule has 0 spiro atoms. The zero-order valence-electron chi connectivity index (χ0n) is 17.7. The summed E-state index contributed by atoms with van der Waals surface area (Å²) in [5, 5.41) is 10.8. The van der Waals surface area contributed by atoms with E-state index in [2.05, 4.69) is 9.98 Å². The lowest BCUT2D eigenvalue weighted by molar-refractivity contribution is -0.232. The second-order valence-corrected chi connectivity index (χ2v) is 7.58. The van der Waals surface area contributed by atoms with Gasteiger partial charge in [-0.25, -0.2) is 8.78 Å². The van der Waals surface area contributed by atoms with Gasteiger partial charge in [0.25, 0.3) is 0 Å². The van der Waals surface area contributed by atoms with Gasteiger partial charge < -0.3 is 14.8 Å². The van der Waals surface area contributed by atoms with Crippen LogP contribution in [0.4, 0.5) is 27.6 Å². The van der Waals surface area contributed by atoms with Crippen molar-refractivity contribution < 1.29 is 31.8 Å².